The summed E-state index contributed by atoms with van der Waals surface area (Å²) in [4.78, 5) is 20.6. The quantitative estimate of drug-likeness (QED) is 0.803. The third-order valence-electron chi connectivity index (χ3n) is 3.87. The zero-order chi connectivity index (χ0) is 16.4. The van der Waals surface area contributed by atoms with Crippen LogP contribution in [-0.4, -0.2) is 25.5 Å². The highest BCUT2D eigenvalue weighted by Crippen LogP contribution is 2.14. The highest BCUT2D eigenvalue weighted by Gasteiger charge is 2.17. The molecule has 6 heteroatoms. The lowest BCUT2D eigenvalue weighted by molar-refractivity contribution is 0.0929. The molecule has 23 heavy (non-hydrogen) atoms. The molecule has 2 aromatic heterocycles. The van der Waals surface area contributed by atoms with Gasteiger partial charge in [0.25, 0.3) is 11.7 Å². The number of fused-ring (bicyclic) bond motifs is 1. The number of carbonyl (C=O) groups is 1. The van der Waals surface area contributed by atoms with E-state index in [0.29, 0.717) is 5.78 Å². The van der Waals surface area contributed by atoms with Crippen LogP contribution in [0.2, 0.25) is 0 Å². The van der Waals surface area contributed by atoms with Crippen molar-refractivity contribution in [3.05, 3.63) is 59.2 Å². The van der Waals surface area contributed by atoms with Crippen molar-refractivity contribution in [2.45, 2.75) is 33.2 Å². The molecule has 1 aromatic carbocycles. The third-order valence-corrected chi connectivity index (χ3v) is 3.87. The van der Waals surface area contributed by atoms with Crippen molar-refractivity contribution < 1.29 is 4.79 Å². The van der Waals surface area contributed by atoms with Crippen LogP contribution in [0.3, 0.4) is 0 Å². The first-order valence-corrected chi connectivity index (χ1v) is 7.66. The van der Waals surface area contributed by atoms with Gasteiger partial charge >= 0.3 is 0 Å². The van der Waals surface area contributed by atoms with Crippen LogP contribution < -0.4 is 5.32 Å². The summed E-state index contributed by atoms with van der Waals surface area (Å²) in [5.74, 6) is 0.251. The van der Waals surface area contributed by atoms with Gasteiger partial charge in [-0.3, -0.25) is 4.79 Å². The molecule has 0 radical (unpaired) electrons. The minimum atomic E-state index is -0.304. The van der Waals surface area contributed by atoms with Gasteiger partial charge in [-0.25, -0.2) is 9.50 Å². The van der Waals surface area contributed by atoms with Crippen molar-refractivity contribution in [3.63, 3.8) is 0 Å². The molecule has 6 nitrogen and oxygen atoms in total. The first-order valence-electron chi connectivity index (χ1n) is 7.66. The average Bonchev–Trinajstić information content (AvgIpc) is 3.00. The van der Waals surface area contributed by atoms with Gasteiger partial charge in [-0.1, -0.05) is 31.2 Å². The predicted octanol–water partition coefficient (Wildman–Crippen LogP) is 2.49. The number of nitrogens with one attached hydrogen (secondary N) is 1. The van der Waals surface area contributed by atoms with Crippen LogP contribution in [-0.2, 0) is 6.42 Å². The number of hydrogen-bond donors (Lipinski definition) is 1. The summed E-state index contributed by atoms with van der Waals surface area (Å²) < 4.78 is 1.57. The van der Waals surface area contributed by atoms with Crippen LogP contribution in [0.1, 0.15) is 47.3 Å². The number of aryl methyl sites for hydroxylation is 2. The van der Waals surface area contributed by atoms with E-state index in [0.717, 1.165) is 17.7 Å². The van der Waals surface area contributed by atoms with Gasteiger partial charge in [0, 0.05) is 11.9 Å². The van der Waals surface area contributed by atoms with E-state index in [-0.39, 0.29) is 17.8 Å². The molecule has 3 aromatic rings. The Hall–Kier alpha value is -2.76. The number of carbonyl (C=O) groups excluding carboxylic acids is 1. The number of benzene rings is 1. The standard InChI is InChI=1S/C17H19N5O/c1-4-13-5-7-14(8-6-13)12(3)19-16(23)15-20-17-18-10-9-11(2)22(17)21-15/h5-10,12H,4H2,1-3H3,(H,19,23). The Balaban J connectivity index is 1.77. The molecule has 0 saturated carbocycles. The van der Waals surface area contributed by atoms with Crippen LogP contribution >= 0.6 is 0 Å². The van der Waals surface area contributed by atoms with Crippen molar-refractivity contribution in [1.82, 2.24) is 24.9 Å². The second-order valence-electron chi connectivity index (χ2n) is 5.52. The molecule has 3 rings (SSSR count). The number of hydrogen-bond acceptors (Lipinski definition) is 4. The highest BCUT2D eigenvalue weighted by molar-refractivity contribution is 5.91. The molecule has 1 N–H and O–H groups in total. The maximum absolute atomic E-state index is 12.4. The summed E-state index contributed by atoms with van der Waals surface area (Å²) in [5, 5.41) is 7.14. The highest BCUT2D eigenvalue weighted by atomic mass is 16.2. The Kier molecular flexibility index (Phi) is 4.06. The zero-order valence-corrected chi connectivity index (χ0v) is 13.4. The minimum absolute atomic E-state index is 0.117. The Morgan fingerprint density at radius 1 is 1.26 bits per heavy atom. The summed E-state index contributed by atoms with van der Waals surface area (Å²) in [6.07, 6.45) is 2.65. The zero-order valence-electron chi connectivity index (χ0n) is 13.4. The SMILES string of the molecule is CCc1ccc(C(C)NC(=O)c2nc3nccc(C)n3n2)cc1. The molecule has 0 aliphatic heterocycles. The van der Waals surface area contributed by atoms with Crippen LogP contribution in [0.4, 0.5) is 0 Å². The second kappa shape index (κ2) is 6.16. The molecular weight excluding hydrogens is 290 g/mol. The first kappa shape index (κ1) is 15.1. The molecule has 1 atom stereocenters. The van der Waals surface area contributed by atoms with E-state index in [1.165, 1.54) is 5.56 Å². The predicted molar refractivity (Wildman–Crippen MR) is 87.2 cm³/mol. The largest absolute Gasteiger partial charge is 0.343 e. The Morgan fingerprint density at radius 3 is 2.65 bits per heavy atom. The Labute approximate surface area is 134 Å². The maximum atomic E-state index is 12.4. The first-order chi connectivity index (χ1) is 11.1. The van der Waals surface area contributed by atoms with Crippen molar-refractivity contribution in [1.29, 1.82) is 0 Å². The summed E-state index contributed by atoms with van der Waals surface area (Å²) in [7, 11) is 0. The molecule has 1 amide bonds. The van der Waals surface area contributed by atoms with Crippen molar-refractivity contribution >= 4 is 11.7 Å². The van der Waals surface area contributed by atoms with Crippen molar-refractivity contribution in [2.75, 3.05) is 0 Å². The van der Waals surface area contributed by atoms with Gasteiger partial charge in [-0.15, -0.1) is 5.10 Å². The number of rotatable bonds is 4. The fourth-order valence-electron chi connectivity index (χ4n) is 2.39. The third kappa shape index (κ3) is 3.06. The molecular formula is C17H19N5O. The molecule has 2 heterocycles. The molecule has 0 spiro atoms. The lowest BCUT2D eigenvalue weighted by Crippen LogP contribution is -2.27. The van der Waals surface area contributed by atoms with Gasteiger partial charge in [-0.2, -0.15) is 4.98 Å². The minimum Gasteiger partial charge on any atom is -0.343 e. The maximum Gasteiger partial charge on any atom is 0.291 e. The fourth-order valence-corrected chi connectivity index (χ4v) is 2.39. The summed E-state index contributed by atoms with van der Waals surface area (Å²) in [6, 6.07) is 9.93. The van der Waals surface area contributed by atoms with Gasteiger partial charge in [0.05, 0.1) is 6.04 Å². The van der Waals surface area contributed by atoms with Gasteiger partial charge in [-0.05, 0) is 37.5 Å². The van der Waals surface area contributed by atoms with Gasteiger partial charge in [0.1, 0.15) is 0 Å². The Bertz CT molecular complexity index is 838. The fraction of sp³-hybridized carbons (Fsp3) is 0.294. The van der Waals surface area contributed by atoms with Crippen LogP contribution in [0.15, 0.2) is 36.5 Å². The molecule has 0 bridgehead atoms. The lowest BCUT2D eigenvalue weighted by Gasteiger charge is -2.13. The van der Waals surface area contributed by atoms with Crippen molar-refractivity contribution in [3.8, 4) is 0 Å². The van der Waals surface area contributed by atoms with Crippen LogP contribution in [0.5, 0.6) is 0 Å². The molecule has 1 unspecified atom stereocenters. The lowest BCUT2D eigenvalue weighted by atomic mass is 10.1. The van der Waals surface area contributed by atoms with Gasteiger partial charge in [0.15, 0.2) is 0 Å². The summed E-state index contributed by atoms with van der Waals surface area (Å²) >= 11 is 0. The molecule has 0 aliphatic carbocycles. The smallest absolute Gasteiger partial charge is 0.291 e. The van der Waals surface area contributed by atoms with Gasteiger partial charge < -0.3 is 5.32 Å². The molecule has 0 saturated heterocycles. The molecule has 0 fully saturated rings. The van der Waals surface area contributed by atoms with E-state index in [1.54, 1.807) is 10.7 Å². The van der Waals surface area contributed by atoms with E-state index < -0.39 is 0 Å². The van der Waals surface area contributed by atoms with Crippen LogP contribution in [0.25, 0.3) is 5.78 Å². The van der Waals surface area contributed by atoms with E-state index in [9.17, 15) is 4.79 Å². The number of aromatic nitrogens is 4. The molecule has 0 aliphatic rings. The van der Waals surface area contributed by atoms with Crippen LogP contribution in [0, 0.1) is 6.92 Å². The molecule has 118 valence electrons. The average molecular weight is 309 g/mol. The van der Waals surface area contributed by atoms with E-state index in [1.807, 2.05) is 32.0 Å². The number of nitrogens with zero attached hydrogens (tertiary/aromatic N) is 4. The van der Waals surface area contributed by atoms with E-state index in [4.69, 9.17) is 0 Å². The normalized spacial score (nSPS) is 12.3. The van der Waals surface area contributed by atoms with Crippen molar-refractivity contribution in [2.24, 2.45) is 0 Å². The monoisotopic (exact) mass is 309 g/mol. The van der Waals surface area contributed by atoms with E-state index in [2.05, 4.69) is 39.4 Å². The topological polar surface area (TPSA) is 72.2 Å². The summed E-state index contributed by atoms with van der Waals surface area (Å²) in [5.41, 5.74) is 3.20. The number of amides is 1. The summed E-state index contributed by atoms with van der Waals surface area (Å²) in [6.45, 7) is 5.95. The Morgan fingerprint density at radius 2 is 2.00 bits per heavy atom. The van der Waals surface area contributed by atoms with E-state index >= 15 is 0 Å². The second-order valence-corrected chi connectivity index (χ2v) is 5.52. The van der Waals surface area contributed by atoms with Gasteiger partial charge in [0.2, 0.25) is 5.82 Å².